The van der Waals surface area contributed by atoms with Gasteiger partial charge in [0.2, 0.25) is 5.95 Å². The van der Waals surface area contributed by atoms with Crippen LogP contribution in [0.5, 0.6) is 0 Å². The van der Waals surface area contributed by atoms with Gasteiger partial charge in [-0.05, 0) is 49.4 Å². The molecule has 0 radical (unpaired) electrons. The standard InChI is InChI=1S/C27H30N8O2S/c1-3-10-35-24-15-19(20-16-29-30-17-20)4-9-23(24)26-25(38(35,36)37)18-28-27(32-26)31-21-5-7-22(8-6-21)34-13-11-33(2)12-14-34/h4-9,15-18H,3,10-14H2,1-2H3,(H,29,30)(H,28,31,32). The third kappa shape index (κ3) is 4.37. The molecule has 1 fully saturated rings. The number of nitrogens with zero attached hydrogens (tertiary/aromatic N) is 6. The highest BCUT2D eigenvalue weighted by Gasteiger charge is 2.36. The Morgan fingerprint density at radius 1 is 1.00 bits per heavy atom. The Morgan fingerprint density at radius 2 is 1.79 bits per heavy atom. The summed E-state index contributed by atoms with van der Waals surface area (Å²) in [5.74, 6) is 0.347. The number of aromatic amines is 1. The van der Waals surface area contributed by atoms with Crippen LogP contribution in [0.25, 0.3) is 22.4 Å². The van der Waals surface area contributed by atoms with E-state index in [1.54, 1.807) is 12.4 Å². The second-order valence-corrected chi connectivity index (χ2v) is 11.5. The van der Waals surface area contributed by atoms with Crippen LogP contribution in [0.1, 0.15) is 13.3 Å². The normalized spacial score (nSPS) is 16.7. The lowest BCUT2D eigenvalue weighted by molar-refractivity contribution is 0.313. The van der Waals surface area contributed by atoms with E-state index in [1.165, 1.54) is 16.2 Å². The molecule has 0 amide bonds. The van der Waals surface area contributed by atoms with E-state index in [1.807, 2.05) is 37.3 Å². The highest BCUT2D eigenvalue weighted by Crippen LogP contribution is 2.44. The summed E-state index contributed by atoms with van der Waals surface area (Å²) in [7, 11) is -1.66. The van der Waals surface area contributed by atoms with Gasteiger partial charge in [-0.3, -0.25) is 9.40 Å². The highest BCUT2D eigenvalue weighted by atomic mass is 32.2. The second-order valence-electron chi connectivity index (χ2n) is 9.66. The molecule has 0 spiro atoms. The Hall–Kier alpha value is -3.96. The summed E-state index contributed by atoms with van der Waals surface area (Å²) < 4.78 is 28.7. The van der Waals surface area contributed by atoms with Crippen LogP contribution >= 0.6 is 0 Å². The number of nitrogens with one attached hydrogen (secondary N) is 2. The summed E-state index contributed by atoms with van der Waals surface area (Å²) in [6.45, 7) is 6.43. The van der Waals surface area contributed by atoms with Gasteiger partial charge in [0, 0.05) is 61.4 Å². The quantitative estimate of drug-likeness (QED) is 0.386. The van der Waals surface area contributed by atoms with Gasteiger partial charge in [-0.1, -0.05) is 19.1 Å². The first-order chi connectivity index (χ1) is 18.4. The maximum Gasteiger partial charge on any atom is 0.268 e. The van der Waals surface area contributed by atoms with Crippen molar-refractivity contribution in [3.05, 3.63) is 61.1 Å². The Balaban J connectivity index is 1.33. The molecule has 38 heavy (non-hydrogen) atoms. The van der Waals surface area contributed by atoms with Crippen molar-refractivity contribution in [2.24, 2.45) is 0 Å². The van der Waals surface area contributed by atoms with Gasteiger partial charge in [0.05, 0.1) is 23.8 Å². The Labute approximate surface area is 222 Å². The first kappa shape index (κ1) is 24.4. The largest absolute Gasteiger partial charge is 0.369 e. The van der Waals surface area contributed by atoms with Crippen molar-refractivity contribution in [3.63, 3.8) is 0 Å². The second kappa shape index (κ2) is 9.73. The zero-order valence-corrected chi connectivity index (χ0v) is 22.2. The predicted molar refractivity (Wildman–Crippen MR) is 149 cm³/mol. The van der Waals surface area contributed by atoms with Gasteiger partial charge in [0.15, 0.2) is 0 Å². The third-order valence-electron chi connectivity index (χ3n) is 7.09. The fourth-order valence-electron chi connectivity index (χ4n) is 4.98. The molecule has 0 saturated carbocycles. The minimum atomic E-state index is -3.81. The first-order valence-electron chi connectivity index (χ1n) is 12.8. The van der Waals surface area contributed by atoms with Crippen molar-refractivity contribution >= 4 is 33.0 Å². The number of aromatic nitrogens is 4. The molecule has 2 aromatic carbocycles. The summed E-state index contributed by atoms with van der Waals surface area (Å²) in [6, 6.07) is 14.0. The lowest BCUT2D eigenvalue weighted by Crippen LogP contribution is -2.44. The van der Waals surface area contributed by atoms with Crippen LogP contribution < -0.4 is 14.5 Å². The topological polar surface area (TPSA) is 110 Å². The minimum absolute atomic E-state index is 0.116. The van der Waals surface area contributed by atoms with Crippen LogP contribution in [-0.4, -0.2) is 73.3 Å². The van der Waals surface area contributed by atoms with Crippen LogP contribution in [0.15, 0.2) is 66.0 Å². The minimum Gasteiger partial charge on any atom is -0.369 e. The van der Waals surface area contributed by atoms with Crippen LogP contribution in [0.4, 0.5) is 23.0 Å². The molecular weight excluding hydrogens is 500 g/mol. The van der Waals surface area contributed by atoms with E-state index in [9.17, 15) is 8.42 Å². The van der Waals surface area contributed by atoms with Gasteiger partial charge >= 0.3 is 0 Å². The van der Waals surface area contributed by atoms with Crippen LogP contribution in [-0.2, 0) is 10.0 Å². The van der Waals surface area contributed by atoms with Gasteiger partial charge in [-0.15, -0.1) is 0 Å². The molecule has 2 aliphatic heterocycles. The summed E-state index contributed by atoms with van der Waals surface area (Å²) in [6.07, 6.45) is 5.59. The molecule has 0 aliphatic carbocycles. The molecule has 0 atom stereocenters. The maximum absolute atomic E-state index is 13.6. The van der Waals surface area contributed by atoms with Gasteiger partial charge in [-0.25, -0.2) is 18.4 Å². The van der Waals surface area contributed by atoms with Crippen molar-refractivity contribution in [1.82, 2.24) is 25.1 Å². The number of benzene rings is 2. The Bertz CT molecular complexity index is 1550. The zero-order valence-electron chi connectivity index (χ0n) is 21.4. The lowest BCUT2D eigenvalue weighted by Gasteiger charge is -2.34. The number of hydrogen-bond acceptors (Lipinski definition) is 8. The zero-order chi connectivity index (χ0) is 26.3. The van der Waals surface area contributed by atoms with Crippen LogP contribution in [0.3, 0.4) is 0 Å². The van der Waals surface area contributed by atoms with Crippen LogP contribution in [0, 0.1) is 0 Å². The molecule has 10 nitrogen and oxygen atoms in total. The fraction of sp³-hybridized carbons (Fsp3) is 0.296. The molecule has 0 unspecified atom stereocenters. The van der Waals surface area contributed by atoms with Crippen molar-refractivity contribution in [3.8, 4) is 22.4 Å². The van der Waals surface area contributed by atoms with E-state index in [-0.39, 0.29) is 4.90 Å². The number of sulfonamides is 1. The average molecular weight is 531 g/mol. The molecule has 2 N–H and O–H groups in total. The van der Waals surface area contributed by atoms with Crippen molar-refractivity contribution in [1.29, 1.82) is 0 Å². The summed E-state index contributed by atoms with van der Waals surface area (Å²) in [5.41, 5.74) is 5.55. The number of rotatable bonds is 6. The van der Waals surface area contributed by atoms with E-state index in [0.29, 0.717) is 30.3 Å². The lowest BCUT2D eigenvalue weighted by atomic mass is 10.0. The highest BCUT2D eigenvalue weighted by molar-refractivity contribution is 7.93. The molecule has 2 aromatic heterocycles. The maximum atomic E-state index is 13.6. The van der Waals surface area contributed by atoms with E-state index < -0.39 is 10.0 Å². The molecule has 6 rings (SSSR count). The predicted octanol–water partition coefficient (Wildman–Crippen LogP) is 3.95. The molecule has 4 aromatic rings. The molecule has 2 aliphatic rings. The number of likely N-dealkylation sites (N-methyl/N-ethyl adjacent to an activating group) is 1. The average Bonchev–Trinajstić information content (AvgIpc) is 3.47. The monoisotopic (exact) mass is 530 g/mol. The van der Waals surface area contributed by atoms with Crippen molar-refractivity contribution in [2.45, 2.75) is 18.2 Å². The smallest absolute Gasteiger partial charge is 0.268 e. The Morgan fingerprint density at radius 3 is 2.50 bits per heavy atom. The first-order valence-corrected chi connectivity index (χ1v) is 14.2. The molecular formula is C27H30N8O2S. The van der Waals surface area contributed by atoms with E-state index >= 15 is 0 Å². The third-order valence-corrected chi connectivity index (χ3v) is 8.91. The number of fused-ring (bicyclic) bond motifs is 3. The summed E-state index contributed by atoms with van der Waals surface area (Å²) in [4.78, 5) is 13.9. The SMILES string of the molecule is CCCN1c2cc(-c3cn[nH]c3)ccc2-c2nc(Nc3ccc(N4CCN(C)CC4)cc3)ncc2S1(=O)=O. The molecule has 0 bridgehead atoms. The molecule has 4 heterocycles. The number of piperazine rings is 1. The van der Waals surface area contributed by atoms with E-state index in [2.05, 4.69) is 49.5 Å². The van der Waals surface area contributed by atoms with Crippen molar-refractivity contribution < 1.29 is 8.42 Å². The van der Waals surface area contributed by atoms with Crippen molar-refractivity contribution in [2.75, 3.05) is 54.3 Å². The van der Waals surface area contributed by atoms with E-state index in [0.717, 1.165) is 48.6 Å². The Kier molecular flexibility index (Phi) is 6.24. The summed E-state index contributed by atoms with van der Waals surface area (Å²) in [5, 5.41) is 10.1. The van der Waals surface area contributed by atoms with E-state index in [4.69, 9.17) is 4.98 Å². The molecule has 1 saturated heterocycles. The van der Waals surface area contributed by atoms with Gasteiger partial charge in [0.1, 0.15) is 4.90 Å². The molecule has 11 heteroatoms. The fourth-order valence-corrected chi connectivity index (χ4v) is 6.64. The van der Waals surface area contributed by atoms with Gasteiger partial charge in [-0.2, -0.15) is 5.10 Å². The van der Waals surface area contributed by atoms with Gasteiger partial charge < -0.3 is 15.1 Å². The van der Waals surface area contributed by atoms with Crippen LogP contribution in [0.2, 0.25) is 0 Å². The number of hydrogen-bond donors (Lipinski definition) is 2. The summed E-state index contributed by atoms with van der Waals surface area (Å²) >= 11 is 0. The molecule has 196 valence electrons. The van der Waals surface area contributed by atoms with Gasteiger partial charge in [0.25, 0.3) is 10.0 Å². The number of H-pyrrole nitrogens is 1. The number of anilines is 4.